The largest absolute Gasteiger partial charge is 0.362 e. The van der Waals surface area contributed by atoms with Gasteiger partial charge in [-0.3, -0.25) is 35.9 Å². The van der Waals surface area contributed by atoms with Crippen molar-refractivity contribution in [3.05, 3.63) is 56.4 Å². The zero-order chi connectivity index (χ0) is 20.7. The van der Waals surface area contributed by atoms with Crippen LogP contribution in [0.25, 0.3) is 0 Å². The van der Waals surface area contributed by atoms with Crippen molar-refractivity contribution in [3.8, 4) is 0 Å². The molecule has 0 radical (unpaired) electrons. The number of amides is 1. The number of carbonyl (C=O) groups excluding carboxylic acids is 1. The number of aromatic nitrogens is 2. The van der Waals surface area contributed by atoms with Crippen molar-refractivity contribution in [2.75, 3.05) is 10.7 Å². The Hall–Kier alpha value is -3.83. The smallest absolute Gasteiger partial charge is 0.354 e. The van der Waals surface area contributed by atoms with Crippen molar-refractivity contribution >= 4 is 28.9 Å². The van der Waals surface area contributed by atoms with Crippen molar-refractivity contribution in [1.29, 1.82) is 0 Å². The zero-order valence-electron chi connectivity index (χ0n) is 15.2. The quantitative estimate of drug-likeness (QED) is 0.430. The van der Waals surface area contributed by atoms with Crippen LogP contribution in [0.4, 0.5) is 23.0 Å². The lowest BCUT2D eigenvalue weighted by molar-refractivity contribution is -0.384. The van der Waals surface area contributed by atoms with Crippen molar-refractivity contribution < 1.29 is 14.6 Å². The molecule has 0 saturated heterocycles. The number of anilines is 2. The van der Waals surface area contributed by atoms with Crippen molar-refractivity contribution in [2.24, 2.45) is 0 Å². The van der Waals surface area contributed by atoms with Gasteiger partial charge in [-0.05, 0) is 18.9 Å². The SMILES string of the molecule is CCC(C)Nc1ncnc(NNC(=O)Cc2ccc([N+](=O)[O-])cc2)c1[N+](=O)[O-]. The van der Waals surface area contributed by atoms with Gasteiger partial charge in [0.15, 0.2) is 0 Å². The Bertz CT molecular complexity index is 872. The summed E-state index contributed by atoms with van der Waals surface area (Å²) in [7, 11) is 0. The van der Waals surface area contributed by atoms with E-state index in [2.05, 4.69) is 26.1 Å². The Kier molecular flexibility index (Phi) is 6.73. The van der Waals surface area contributed by atoms with E-state index in [-0.39, 0.29) is 29.8 Å². The number of benzene rings is 1. The fraction of sp³-hybridized carbons (Fsp3) is 0.312. The molecule has 0 aliphatic rings. The Morgan fingerprint density at radius 2 is 1.75 bits per heavy atom. The summed E-state index contributed by atoms with van der Waals surface area (Å²) in [5, 5.41) is 25.0. The molecule has 28 heavy (non-hydrogen) atoms. The second-order valence-electron chi connectivity index (χ2n) is 5.90. The van der Waals surface area contributed by atoms with E-state index in [0.717, 1.165) is 12.7 Å². The van der Waals surface area contributed by atoms with Crippen LogP contribution in [-0.4, -0.2) is 31.8 Å². The summed E-state index contributed by atoms with van der Waals surface area (Å²) in [6.07, 6.45) is 1.79. The predicted octanol–water partition coefficient (Wildman–Crippen LogP) is 2.19. The van der Waals surface area contributed by atoms with Crippen molar-refractivity contribution in [1.82, 2.24) is 15.4 Å². The molecule has 0 aliphatic carbocycles. The van der Waals surface area contributed by atoms with Crippen LogP contribution in [0.3, 0.4) is 0 Å². The third-order valence-electron chi connectivity index (χ3n) is 3.83. The maximum atomic E-state index is 12.1. The highest BCUT2D eigenvalue weighted by Gasteiger charge is 2.24. The molecule has 0 bridgehead atoms. The summed E-state index contributed by atoms with van der Waals surface area (Å²) in [4.78, 5) is 40.6. The zero-order valence-corrected chi connectivity index (χ0v) is 15.2. The van der Waals surface area contributed by atoms with E-state index < -0.39 is 21.4 Å². The second kappa shape index (κ2) is 9.21. The highest BCUT2D eigenvalue weighted by Crippen LogP contribution is 2.29. The van der Waals surface area contributed by atoms with Gasteiger partial charge >= 0.3 is 5.69 Å². The fourth-order valence-electron chi connectivity index (χ4n) is 2.18. The number of rotatable bonds is 9. The van der Waals surface area contributed by atoms with E-state index in [9.17, 15) is 25.0 Å². The fourth-order valence-corrected chi connectivity index (χ4v) is 2.18. The molecule has 1 unspecified atom stereocenters. The van der Waals surface area contributed by atoms with Gasteiger partial charge in [0.05, 0.1) is 16.3 Å². The summed E-state index contributed by atoms with van der Waals surface area (Å²) in [6.45, 7) is 3.77. The van der Waals surface area contributed by atoms with E-state index >= 15 is 0 Å². The molecule has 2 rings (SSSR count). The van der Waals surface area contributed by atoms with Gasteiger partial charge in [-0.2, -0.15) is 0 Å². The summed E-state index contributed by atoms with van der Waals surface area (Å²) >= 11 is 0. The molecule has 0 aliphatic heterocycles. The average molecular weight is 389 g/mol. The molecule has 1 atom stereocenters. The van der Waals surface area contributed by atoms with Crippen LogP contribution in [0.5, 0.6) is 0 Å². The van der Waals surface area contributed by atoms with E-state index in [4.69, 9.17) is 0 Å². The van der Waals surface area contributed by atoms with Crippen LogP contribution in [0.15, 0.2) is 30.6 Å². The van der Waals surface area contributed by atoms with Crippen LogP contribution >= 0.6 is 0 Å². The van der Waals surface area contributed by atoms with Gasteiger partial charge in [0, 0.05) is 18.2 Å². The number of hydrazine groups is 1. The highest BCUT2D eigenvalue weighted by molar-refractivity contribution is 5.81. The van der Waals surface area contributed by atoms with E-state index in [0.29, 0.717) is 5.56 Å². The molecule has 0 spiro atoms. The first-order valence-electron chi connectivity index (χ1n) is 8.36. The Morgan fingerprint density at radius 3 is 2.32 bits per heavy atom. The van der Waals surface area contributed by atoms with Gasteiger partial charge < -0.3 is 5.32 Å². The molecular weight excluding hydrogens is 370 g/mol. The number of hydrogen-bond acceptors (Lipinski definition) is 9. The van der Waals surface area contributed by atoms with E-state index in [1.807, 2.05) is 13.8 Å². The van der Waals surface area contributed by atoms with Crippen LogP contribution in [0.1, 0.15) is 25.8 Å². The number of nitrogens with one attached hydrogen (secondary N) is 3. The monoisotopic (exact) mass is 389 g/mol. The van der Waals surface area contributed by atoms with Gasteiger partial charge in [-0.15, -0.1) is 0 Å². The minimum atomic E-state index is -0.643. The van der Waals surface area contributed by atoms with Gasteiger partial charge in [0.2, 0.25) is 17.5 Å². The molecule has 1 heterocycles. The minimum Gasteiger partial charge on any atom is -0.362 e. The Balaban J connectivity index is 2.06. The third-order valence-corrected chi connectivity index (χ3v) is 3.83. The Labute approximate surface area is 159 Å². The number of non-ortho nitro benzene ring substituents is 1. The van der Waals surface area contributed by atoms with Gasteiger partial charge in [0.25, 0.3) is 5.69 Å². The maximum absolute atomic E-state index is 12.1. The molecule has 2 aromatic rings. The number of nitrogens with zero attached hydrogens (tertiary/aromatic N) is 4. The third kappa shape index (κ3) is 5.33. The van der Waals surface area contributed by atoms with Gasteiger partial charge in [-0.25, -0.2) is 9.97 Å². The molecule has 0 saturated carbocycles. The van der Waals surface area contributed by atoms with Gasteiger partial charge in [-0.1, -0.05) is 19.1 Å². The molecule has 1 aromatic heterocycles. The number of nitro groups is 2. The van der Waals surface area contributed by atoms with Crippen molar-refractivity contribution in [3.63, 3.8) is 0 Å². The number of nitro benzene ring substituents is 1. The van der Waals surface area contributed by atoms with Crippen LogP contribution in [-0.2, 0) is 11.2 Å². The molecule has 3 N–H and O–H groups in total. The lowest BCUT2D eigenvalue weighted by Crippen LogP contribution is -2.31. The normalized spacial score (nSPS) is 11.4. The number of hydrogen-bond donors (Lipinski definition) is 3. The first kappa shape index (κ1) is 20.5. The summed E-state index contributed by atoms with van der Waals surface area (Å²) < 4.78 is 0. The molecule has 12 nitrogen and oxygen atoms in total. The van der Waals surface area contributed by atoms with Crippen LogP contribution in [0, 0.1) is 20.2 Å². The molecule has 1 aromatic carbocycles. The van der Waals surface area contributed by atoms with Crippen LogP contribution < -0.4 is 16.2 Å². The van der Waals surface area contributed by atoms with Crippen LogP contribution in [0.2, 0.25) is 0 Å². The maximum Gasteiger partial charge on any atom is 0.354 e. The molecular formula is C16H19N7O5. The highest BCUT2D eigenvalue weighted by atomic mass is 16.6. The average Bonchev–Trinajstić information content (AvgIpc) is 2.66. The lowest BCUT2D eigenvalue weighted by atomic mass is 10.1. The predicted molar refractivity (Wildman–Crippen MR) is 101 cm³/mol. The van der Waals surface area contributed by atoms with E-state index in [1.165, 1.54) is 24.3 Å². The first-order valence-corrected chi connectivity index (χ1v) is 8.36. The Morgan fingerprint density at radius 1 is 1.11 bits per heavy atom. The standard InChI is InChI=1S/C16H19N7O5/c1-3-10(2)19-15-14(23(27)28)16(18-9-17-15)21-20-13(24)8-11-4-6-12(7-5-11)22(25)26/h4-7,9-10H,3,8H2,1-2H3,(H,20,24)(H2,17,18,19,21). The second-order valence-corrected chi connectivity index (χ2v) is 5.90. The lowest BCUT2D eigenvalue weighted by Gasteiger charge is -2.14. The first-order chi connectivity index (χ1) is 13.3. The molecule has 148 valence electrons. The molecule has 12 heteroatoms. The number of carbonyl (C=O) groups is 1. The summed E-state index contributed by atoms with van der Waals surface area (Å²) in [5.41, 5.74) is 4.83. The minimum absolute atomic E-state index is 0.0430. The molecule has 0 fully saturated rings. The van der Waals surface area contributed by atoms with Crippen molar-refractivity contribution in [2.45, 2.75) is 32.7 Å². The topological polar surface area (TPSA) is 165 Å². The summed E-state index contributed by atoms with van der Waals surface area (Å²) in [6, 6.07) is 5.45. The molecule has 1 amide bonds. The summed E-state index contributed by atoms with van der Waals surface area (Å²) in [5.74, 6) is -0.623. The van der Waals surface area contributed by atoms with E-state index in [1.54, 1.807) is 0 Å². The van der Waals surface area contributed by atoms with Gasteiger partial charge in [0.1, 0.15) is 6.33 Å².